The van der Waals surface area contributed by atoms with Crippen LogP contribution >= 0.6 is 11.8 Å². The minimum atomic E-state index is -0.942. The molecule has 2 N–H and O–H groups in total. The molecule has 0 aliphatic heterocycles. The summed E-state index contributed by atoms with van der Waals surface area (Å²) in [5.41, 5.74) is 1.91. The second-order valence-corrected chi connectivity index (χ2v) is 5.95. The Bertz CT molecular complexity index is 693. The molecule has 0 radical (unpaired) electrons. The van der Waals surface area contributed by atoms with E-state index in [1.54, 1.807) is 42.1 Å². The number of anilines is 1. The summed E-state index contributed by atoms with van der Waals surface area (Å²) in [6.07, 6.45) is 0. The molecule has 1 unspecified atom stereocenters. The molecule has 2 aromatic carbocycles. The van der Waals surface area contributed by atoms with Crippen LogP contribution in [0.15, 0.2) is 53.4 Å². The second kappa shape index (κ2) is 7.53. The van der Waals surface area contributed by atoms with E-state index in [4.69, 9.17) is 5.26 Å². The molecule has 2 aromatic rings. The van der Waals surface area contributed by atoms with Gasteiger partial charge in [0, 0.05) is 10.6 Å². The predicted molar refractivity (Wildman–Crippen MR) is 88.0 cm³/mol. The van der Waals surface area contributed by atoms with Crippen LogP contribution in [0.2, 0.25) is 0 Å². The number of aliphatic carboxylic acids is 1. The fourth-order valence-electron chi connectivity index (χ4n) is 2.05. The van der Waals surface area contributed by atoms with Crippen LogP contribution in [0.25, 0.3) is 0 Å². The number of nitriles is 1. The van der Waals surface area contributed by atoms with Crippen LogP contribution in [0, 0.1) is 11.3 Å². The molecule has 0 heterocycles. The van der Waals surface area contributed by atoms with Gasteiger partial charge in [0.15, 0.2) is 6.04 Å². The van der Waals surface area contributed by atoms with E-state index in [0.717, 1.165) is 10.6 Å². The summed E-state index contributed by atoms with van der Waals surface area (Å²) >= 11 is 1.67. The summed E-state index contributed by atoms with van der Waals surface area (Å²) in [6, 6.07) is 15.5. The van der Waals surface area contributed by atoms with Crippen molar-refractivity contribution >= 4 is 23.4 Å². The van der Waals surface area contributed by atoms with Crippen LogP contribution in [-0.2, 0) is 4.79 Å². The summed E-state index contributed by atoms with van der Waals surface area (Å²) in [6.45, 7) is 2.06. The molecular weight excluding hydrogens is 296 g/mol. The maximum atomic E-state index is 11.6. The fraction of sp³-hybridized carbons (Fsp3) is 0.176. The van der Waals surface area contributed by atoms with Gasteiger partial charge in [-0.15, -0.1) is 11.8 Å². The highest BCUT2D eigenvalue weighted by molar-refractivity contribution is 7.99. The third-order valence-corrected chi connectivity index (χ3v) is 3.95. The number of nitrogens with one attached hydrogen (secondary N) is 1. The highest BCUT2D eigenvalue weighted by Gasteiger charge is 2.19. The van der Waals surface area contributed by atoms with E-state index < -0.39 is 12.0 Å². The van der Waals surface area contributed by atoms with Crippen molar-refractivity contribution in [2.75, 3.05) is 11.1 Å². The van der Waals surface area contributed by atoms with Crippen molar-refractivity contribution in [3.05, 3.63) is 59.7 Å². The van der Waals surface area contributed by atoms with Crippen LogP contribution in [-0.4, -0.2) is 16.8 Å². The average Bonchev–Trinajstić information content (AvgIpc) is 2.53. The number of nitrogens with zero attached hydrogens (tertiary/aromatic N) is 1. The van der Waals surface area contributed by atoms with Crippen LogP contribution < -0.4 is 5.32 Å². The lowest BCUT2D eigenvalue weighted by Crippen LogP contribution is -2.20. The van der Waals surface area contributed by atoms with Crippen LogP contribution in [0.1, 0.15) is 24.1 Å². The molecule has 22 heavy (non-hydrogen) atoms. The van der Waals surface area contributed by atoms with Gasteiger partial charge in [-0.3, -0.25) is 0 Å². The Hall–Kier alpha value is -2.45. The third kappa shape index (κ3) is 4.03. The Morgan fingerprint density at radius 2 is 2.05 bits per heavy atom. The Morgan fingerprint density at radius 3 is 2.64 bits per heavy atom. The van der Waals surface area contributed by atoms with Crippen molar-refractivity contribution in [2.24, 2.45) is 0 Å². The van der Waals surface area contributed by atoms with Crippen molar-refractivity contribution in [1.29, 1.82) is 5.26 Å². The lowest BCUT2D eigenvalue weighted by molar-refractivity contribution is -0.138. The quantitative estimate of drug-likeness (QED) is 0.791. The largest absolute Gasteiger partial charge is 0.479 e. The Morgan fingerprint density at radius 1 is 1.32 bits per heavy atom. The first-order valence-corrected chi connectivity index (χ1v) is 7.85. The number of hydrogen-bond donors (Lipinski definition) is 2. The minimum absolute atomic E-state index is 0.541. The lowest BCUT2D eigenvalue weighted by atomic mass is 10.1. The van der Waals surface area contributed by atoms with Crippen molar-refractivity contribution < 1.29 is 9.90 Å². The smallest absolute Gasteiger partial charge is 0.330 e. The molecule has 4 nitrogen and oxygen atoms in total. The van der Waals surface area contributed by atoms with E-state index in [-0.39, 0.29) is 0 Å². The number of hydrogen-bond acceptors (Lipinski definition) is 4. The molecule has 0 saturated carbocycles. The SMILES string of the molecule is CCSc1cccc(C(Nc2ccc(C#N)cc2)C(=O)O)c1. The Kier molecular flexibility index (Phi) is 5.45. The standard InChI is InChI=1S/C17H16N2O2S/c1-2-22-15-5-3-4-13(10-15)16(17(20)21)19-14-8-6-12(11-18)7-9-14/h3-10,16,19H,2H2,1H3,(H,20,21). The number of thioether (sulfide) groups is 1. The summed E-state index contributed by atoms with van der Waals surface area (Å²) < 4.78 is 0. The highest BCUT2D eigenvalue weighted by atomic mass is 32.2. The summed E-state index contributed by atoms with van der Waals surface area (Å²) in [7, 11) is 0. The van der Waals surface area contributed by atoms with Gasteiger partial charge in [0.25, 0.3) is 0 Å². The van der Waals surface area contributed by atoms with Gasteiger partial charge in [0.2, 0.25) is 0 Å². The number of rotatable bonds is 6. The molecule has 0 bridgehead atoms. The van der Waals surface area contributed by atoms with Crippen molar-refractivity contribution in [3.8, 4) is 6.07 Å². The first-order chi connectivity index (χ1) is 10.6. The molecule has 0 aliphatic carbocycles. The van der Waals surface area contributed by atoms with E-state index in [1.165, 1.54) is 0 Å². The van der Waals surface area contributed by atoms with E-state index in [1.807, 2.05) is 24.3 Å². The van der Waals surface area contributed by atoms with Crippen LogP contribution in [0.5, 0.6) is 0 Å². The fourth-order valence-corrected chi connectivity index (χ4v) is 2.77. The summed E-state index contributed by atoms with van der Waals surface area (Å²) in [5.74, 6) is -0.00690. The first-order valence-electron chi connectivity index (χ1n) is 6.86. The highest BCUT2D eigenvalue weighted by Crippen LogP contribution is 2.25. The molecule has 0 spiro atoms. The van der Waals surface area contributed by atoms with E-state index in [9.17, 15) is 9.90 Å². The average molecular weight is 312 g/mol. The minimum Gasteiger partial charge on any atom is -0.479 e. The summed E-state index contributed by atoms with van der Waals surface area (Å²) in [4.78, 5) is 12.6. The Labute approximate surface area is 133 Å². The van der Waals surface area contributed by atoms with Crippen LogP contribution in [0.3, 0.4) is 0 Å². The zero-order valence-electron chi connectivity index (χ0n) is 12.1. The molecule has 0 amide bonds. The van der Waals surface area contributed by atoms with Gasteiger partial charge in [-0.1, -0.05) is 19.1 Å². The van der Waals surface area contributed by atoms with Crippen molar-refractivity contribution in [3.63, 3.8) is 0 Å². The number of carbonyl (C=O) groups is 1. The van der Waals surface area contributed by atoms with Gasteiger partial charge in [-0.05, 0) is 47.7 Å². The van der Waals surface area contributed by atoms with Gasteiger partial charge < -0.3 is 10.4 Å². The van der Waals surface area contributed by atoms with E-state index in [2.05, 4.69) is 12.2 Å². The Balaban J connectivity index is 2.24. The molecule has 0 fully saturated rings. The van der Waals surface area contributed by atoms with Gasteiger partial charge in [0.1, 0.15) is 0 Å². The monoisotopic (exact) mass is 312 g/mol. The molecule has 2 rings (SSSR count). The summed E-state index contributed by atoms with van der Waals surface area (Å²) in [5, 5.41) is 21.3. The van der Waals surface area contributed by atoms with Crippen molar-refractivity contribution in [2.45, 2.75) is 17.9 Å². The van der Waals surface area contributed by atoms with E-state index >= 15 is 0 Å². The normalized spacial score (nSPS) is 11.5. The van der Waals surface area contributed by atoms with Gasteiger partial charge in [-0.2, -0.15) is 5.26 Å². The third-order valence-electron chi connectivity index (χ3n) is 3.07. The zero-order valence-corrected chi connectivity index (χ0v) is 12.9. The molecule has 1 atom stereocenters. The van der Waals surface area contributed by atoms with E-state index in [0.29, 0.717) is 16.8 Å². The maximum Gasteiger partial charge on any atom is 0.330 e. The van der Waals surface area contributed by atoms with Crippen molar-refractivity contribution in [1.82, 2.24) is 0 Å². The molecule has 0 aliphatic rings. The molecular formula is C17H16N2O2S. The maximum absolute atomic E-state index is 11.6. The molecule has 112 valence electrons. The van der Waals surface area contributed by atoms with Gasteiger partial charge in [-0.25, -0.2) is 4.79 Å². The lowest BCUT2D eigenvalue weighted by Gasteiger charge is -2.17. The van der Waals surface area contributed by atoms with Crippen LogP contribution in [0.4, 0.5) is 5.69 Å². The predicted octanol–water partition coefficient (Wildman–Crippen LogP) is 3.91. The molecule has 0 aromatic heterocycles. The number of carboxylic acid groups (broad SMARTS) is 1. The topological polar surface area (TPSA) is 73.1 Å². The zero-order chi connectivity index (χ0) is 15.9. The number of carboxylic acids is 1. The van der Waals surface area contributed by atoms with Gasteiger partial charge >= 0.3 is 5.97 Å². The van der Waals surface area contributed by atoms with Gasteiger partial charge in [0.05, 0.1) is 11.6 Å². The second-order valence-electron chi connectivity index (χ2n) is 4.61. The number of benzene rings is 2. The molecule has 5 heteroatoms. The molecule has 0 saturated heterocycles. The first kappa shape index (κ1) is 15.9.